The highest BCUT2D eigenvalue weighted by atomic mass is 16.8. The van der Waals surface area contributed by atoms with Gasteiger partial charge in [-0.05, 0) is 0 Å². The van der Waals surface area contributed by atoms with Gasteiger partial charge in [-0.1, -0.05) is 0 Å². The van der Waals surface area contributed by atoms with Gasteiger partial charge in [0.25, 0.3) is 5.79 Å². The number of hydrogen-bond acceptors (Lipinski definition) is 38. The zero-order valence-corrected chi connectivity index (χ0v) is 51.8. The van der Waals surface area contributed by atoms with E-state index in [9.17, 15) is 136 Å². The van der Waals surface area contributed by atoms with Gasteiger partial charge in [0.1, 0.15) is 159 Å². The standard InChI is InChI=1S/C53H90N4O39/c1-14(66)54-18(6-58)30(73)40(21(72)8-60)90-49-38(81)44(33(76)23(10-62)85-49)93-47-28(56-16(3)68)36(79)42(26(13-65)88-47)92-51-46(37(80)32(75)22(9-61)87-51)94-48-29(57-17(4)69)35(78)41(25(12-64)89-48)91-50-39(82)45(34(77)24(11-63)86-50)96-53(52(83)84)5-19(70)27(55-15(2)67)43(95-53)31(74)20(71)7-59/h18-51,58-65,70-82H,5-13H2,1-4H3,(H,54,66)(H,55,67)(H,56,68)(H,57,69)(H,83,84)/t18-,19-,20+,21+,22+,23+,24+,25+,26+,27+,28+,29+,30+,31+,32-,33-,34-,35+,36+,37-,38+,39+,40+,41+,42+,43+,44-,45-,46+,47-,48-,49-,50-,51-,53-/m0/s1. The number of carbonyl (C=O) groups excluding carboxylic acids is 4. The molecule has 0 bridgehead atoms. The maximum Gasteiger partial charge on any atom is 0.364 e. The minimum atomic E-state index is -3.25. The number of carboxylic acid groups (broad SMARTS) is 1. The normalized spacial score (nSPS) is 42.6. The fourth-order valence-corrected chi connectivity index (χ4v) is 11.9. The van der Waals surface area contributed by atoms with Gasteiger partial charge in [-0.15, -0.1) is 0 Å². The molecule has 0 radical (unpaired) electrons. The van der Waals surface area contributed by atoms with Crippen LogP contribution in [-0.4, -0.2) is 409 Å². The van der Waals surface area contributed by atoms with E-state index in [2.05, 4.69) is 21.3 Å². The number of nitrogens with one attached hydrogen (secondary N) is 4. The number of hydrogen-bond donors (Lipinski definition) is 26. The molecule has 35 atom stereocenters. The van der Waals surface area contributed by atoms with Crippen LogP contribution in [-0.2, 0) is 80.8 Å². The third-order valence-corrected chi connectivity index (χ3v) is 16.8. The first-order chi connectivity index (χ1) is 45.2. The maximum absolute atomic E-state index is 13.1. The monoisotopic (exact) mass is 1410 g/mol. The second-order valence-electron chi connectivity index (χ2n) is 23.7. The topological polar surface area (TPSA) is 689 Å². The van der Waals surface area contributed by atoms with Crippen molar-refractivity contribution in [1.82, 2.24) is 21.3 Å². The summed E-state index contributed by atoms with van der Waals surface area (Å²) in [6.45, 7) is -5.17. The van der Waals surface area contributed by atoms with Crippen LogP contribution in [0.2, 0.25) is 0 Å². The van der Waals surface area contributed by atoms with Gasteiger partial charge in [0.2, 0.25) is 23.6 Å². The second-order valence-corrected chi connectivity index (χ2v) is 23.7. The van der Waals surface area contributed by atoms with Crippen molar-refractivity contribution >= 4 is 29.6 Å². The highest BCUT2D eigenvalue weighted by Crippen LogP contribution is 2.40. The predicted molar refractivity (Wildman–Crippen MR) is 298 cm³/mol. The first-order valence-electron chi connectivity index (χ1n) is 30.2. The van der Waals surface area contributed by atoms with Gasteiger partial charge in [0.15, 0.2) is 31.5 Å². The van der Waals surface area contributed by atoms with Crippen LogP contribution in [0.3, 0.4) is 0 Å². The van der Waals surface area contributed by atoms with E-state index in [1.165, 1.54) is 0 Å². The van der Waals surface area contributed by atoms with E-state index in [4.69, 9.17) is 56.8 Å². The highest BCUT2D eigenvalue weighted by Gasteiger charge is 2.62. The number of amides is 4. The summed E-state index contributed by atoms with van der Waals surface area (Å²) < 4.78 is 69.9. The van der Waals surface area contributed by atoms with Gasteiger partial charge < -0.3 is 190 Å². The second kappa shape index (κ2) is 35.6. The number of aliphatic hydroxyl groups excluding tert-OH is 21. The smallest absolute Gasteiger partial charge is 0.364 e. The lowest BCUT2D eigenvalue weighted by molar-refractivity contribution is -0.395. The Kier molecular flexibility index (Phi) is 30.0. The summed E-state index contributed by atoms with van der Waals surface area (Å²) in [5.41, 5.74) is 0. The number of ether oxygens (including phenoxy) is 12. The maximum atomic E-state index is 13.1. The Balaban J connectivity index is 1.27. The van der Waals surface area contributed by atoms with E-state index >= 15 is 0 Å². The van der Waals surface area contributed by atoms with Crippen LogP contribution >= 0.6 is 0 Å². The van der Waals surface area contributed by atoms with Crippen LogP contribution < -0.4 is 21.3 Å². The minimum absolute atomic E-state index is 0.771. The van der Waals surface area contributed by atoms with Crippen molar-refractivity contribution in [3.8, 4) is 0 Å². The van der Waals surface area contributed by atoms with Crippen LogP contribution in [0.1, 0.15) is 34.1 Å². The Morgan fingerprint density at radius 3 is 1.32 bits per heavy atom. The van der Waals surface area contributed by atoms with Gasteiger partial charge >= 0.3 is 5.97 Å². The van der Waals surface area contributed by atoms with Gasteiger partial charge in [0, 0.05) is 34.1 Å². The number of carbonyl (C=O) groups is 5. The Morgan fingerprint density at radius 2 is 0.865 bits per heavy atom. The average molecular weight is 1410 g/mol. The van der Waals surface area contributed by atoms with Crippen molar-refractivity contribution in [1.29, 1.82) is 0 Å². The molecule has 6 rings (SSSR count). The quantitative estimate of drug-likeness (QED) is 0.0318. The Morgan fingerprint density at radius 1 is 0.448 bits per heavy atom. The molecular formula is C53H90N4O39. The SMILES string of the molecule is CC(=O)N[C@H]1[C@H](O[C@H]2[C@H](O[C@H]3[C@H](O)[C@@H](NC(C)=O)[C@H](O[C@H]4[C@@H](O)[C@@H](CO)O[C@@H](O[C@@H]([C@H](O)[C@H](CO)NC(C)=O)[C@H](O)CO)[C@@H]4O)O[C@@H]3CO)O[C@H](CO)[C@H](O)[C@@H]2O)O[C@H](CO)[C@@H](O[C@@H]2O[C@H](CO)[C@H](O)[C@H](O[C@]3(C(=O)O)C[C@H](O)[C@@H](NC(C)=O)[C@H]([C@H](O)[C@H](O)CO)O3)[C@H]2O)[C@@H]1O. The van der Waals surface area contributed by atoms with Crippen molar-refractivity contribution in [2.45, 2.75) is 248 Å². The van der Waals surface area contributed by atoms with E-state index in [0.29, 0.717) is 0 Å². The minimum Gasteiger partial charge on any atom is -0.477 e. The lowest BCUT2D eigenvalue weighted by Gasteiger charge is -2.51. The molecule has 6 heterocycles. The molecule has 6 aliphatic rings. The molecule has 0 saturated carbocycles. The third kappa shape index (κ3) is 18.4. The van der Waals surface area contributed by atoms with E-state index in [0.717, 1.165) is 27.7 Å². The largest absolute Gasteiger partial charge is 0.477 e. The molecule has 43 nitrogen and oxygen atoms in total. The molecule has 556 valence electrons. The molecule has 0 aromatic rings. The van der Waals surface area contributed by atoms with Crippen LogP contribution in [0.25, 0.3) is 0 Å². The molecule has 0 unspecified atom stereocenters. The summed E-state index contributed by atoms with van der Waals surface area (Å²) in [6, 6.07) is -7.21. The molecular weight excluding hydrogens is 1320 g/mol. The summed E-state index contributed by atoms with van der Waals surface area (Å²) in [5, 5.41) is 249. The summed E-state index contributed by atoms with van der Waals surface area (Å²) in [4.78, 5) is 62.8. The van der Waals surface area contributed by atoms with Gasteiger partial charge in [-0.2, -0.15) is 0 Å². The molecule has 0 aromatic heterocycles. The van der Waals surface area contributed by atoms with Crippen LogP contribution in [0, 0.1) is 0 Å². The molecule has 0 aliphatic carbocycles. The van der Waals surface area contributed by atoms with Crippen molar-refractivity contribution in [3.63, 3.8) is 0 Å². The lowest BCUT2D eigenvalue weighted by atomic mass is 9.88. The van der Waals surface area contributed by atoms with Crippen molar-refractivity contribution in [2.24, 2.45) is 0 Å². The van der Waals surface area contributed by atoms with Crippen molar-refractivity contribution in [3.05, 3.63) is 0 Å². The van der Waals surface area contributed by atoms with Gasteiger partial charge in [0.05, 0.1) is 71.0 Å². The zero-order valence-electron chi connectivity index (χ0n) is 51.8. The average Bonchev–Trinajstić information content (AvgIpc) is 0.752. The first kappa shape index (κ1) is 81.0. The fourth-order valence-electron chi connectivity index (χ4n) is 11.9. The van der Waals surface area contributed by atoms with Crippen LogP contribution in [0.15, 0.2) is 0 Å². The Labute approximate surface area is 544 Å². The molecule has 4 amide bonds. The summed E-state index contributed by atoms with van der Waals surface area (Å²) in [5.74, 6) is -8.91. The molecule has 0 aromatic carbocycles. The van der Waals surface area contributed by atoms with Crippen molar-refractivity contribution < 1.29 is 193 Å². The highest BCUT2D eigenvalue weighted by molar-refractivity contribution is 5.77. The molecule has 6 fully saturated rings. The number of aliphatic carboxylic acids is 1. The fraction of sp³-hybridized carbons (Fsp3) is 0.906. The Hall–Kier alpha value is -3.97. The number of carboxylic acids is 1. The van der Waals surface area contributed by atoms with Crippen molar-refractivity contribution in [2.75, 3.05) is 52.9 Å². The summed E-state index contributed by atoms with van der Waals surface area (Å²) in [6.07, 6.45) is -65.1. The lowest BCUT2D eigenvalue weighted by Crippen LogP contribution is -2.71. The molecule has 43 heteroatoms. The summed E-state index contributed by atoms with van der Waals surface area (Å²) >= 11 is 0. The van der Waals surface area contributed by atoms with E-state index < -0.39 is 303 Å². The van der Waals surface area contributed by atoms with E-state index in [-0.39, 0.29) is 0 Å². The molecule has 6 aliphatic heterocycles. The molecule has 0 spiro atoms. The van der Waals surface area contributed by atoms with Gasteiger partial charge in [-0.3, -0.25) is 19.2 Å². The van der Waals surface area contributed by atoms with Crippen LogP contribution in [0.5, 0.6) is 0 Å². The molecule has 6 saturated heterocycles. The molecule has 96 heavy (non-hydrogen) atoms. The van der Waals surface area contributed by atoms with Crippen LogP contribution in [0.4, 0.5) is 0 Å². The molecule has 26 N–H and O–H groups in total. The van der Waals surface area contributed by atoms with E-state index in [1.807, 2.05) is 0 Å². The number of aliphatic hydroxyl groups is 21. The predicted octanol–water partition coefficient (Wildman–Crippen LogP) is -16.9. The van der Waals surface area contributed by atoms with E-state index in [1.54, 1.807) is 0 Å². The Bertz CT molecular complexity index is 2490. The van der Waals surface area contributed by atoms with Gasteiger partial charge in [-0.25, -0.2) is 4.79 Å². The summed E-state index contributed by atoms with van der Waals surface area (Å²) in [7, 11) is 0. The zero-order chi connectivity index (χ0) is 71.7. The third-order valence-electron chi connectivity index (χ3n) is 16.8. The first-order valence-corrected chi connectivity index (χ1v) is 30.2. The number of rotatable bonds is 30.